The summed E-state index contributed by atoms with van der Waals surface area (Å²) < 4.78 is 11.8. The molecular formula is C26H35BrN2O6. The molecule has 0 aromatic heterocycles. The third kappa shape index (κ3) is 4.62. The molecule has 8 nitrogen and oxygen atoms in total. The minimum atomic E-state index is -1.08. The fraction of sp³-hybridized carbons (Fsp3) is 0.654. The zero-order chi connectivity index (χ0) is 25.3. The number of anilines is 1. The molecule has 3 aliphatic rings. The van der Waals surface area contributed by atoms with Crippen molar-refractivity contribution in [3.8, 4) is 0 Å². The molecule has 2 amide bonds. The summed E-state index contributed by atoms with van der Waals surface area (Å²) >= 11 is 3.65. The lowest BCUT2D eigenvalue weighted by Crippen LogP contribution is -2.54. The first-order chi connectivity index (χ1) is 16.7. The number of ether oxygens (including phenoxy) is 2. The largest absolute Gasteiger partial charge is 0.466 e. The zero-order valence-electron chi connectivity index (χ0n) is 20.6. The number of rotatable bonds is 10. The Morgan fingerprint density at radius 2 is 2.00 bits per heavy atom. The number of hydrogen-bond donors (Lipinski definition) is 2. The van der Waals surface area contributed by atoms with Gasteiger partial charge in [0.15, 0.2) is 0 Å². The van der Waals surface area contributed by atoms with E-state index in [9.17, 15) is 14.4 Å². The molecule has 1 spiro atoms. The molecule has 3 aliphatic heterocycles. The summed E-state index contributed by atoms with van der Waals surface area (Å²) in [5.41, 5.74) is 1.57. The maximum absolute atomic E-state index is 13.9. The van der Waals surface area contributed by atoms with E-state index in [2.05, 4.69) is 21.2 Å². The van der Waals surface area contributed by atoms with Crippen molar-refractivity contribution in [3.05, 3.63) is 29.3 Å². The molecule has 1 aromatic carbocycles. The zero-order valence-corrected chi connectivity index (χ0v) is 22.2. The van der Waals surface area contributed by atoms with E-state index in [-0.39, 0.29) is 29.9 Å². The lowest BCUT2D eigenvalue weighted by molar-refractivity contribution is -0.154. The van der Waals surface area contributed by atoms with Gasteiger partial charge >= 0.3 is 5.97 Å². The number of nitrogens with one attached hydrogen (secondary N) is 1. The average Bonchev–Trinajstić information content (AvgIpc) is 3.40. The fourth-order valence-electron chi connectivity index (χ4n) is 6.00. The van der Waals surface area contributed by atoms with E-state index in [1.807, 2.05) is 32.0 Å². The summed E-state index contributed by atoms with van der Waals surface area (Å²) in [6.07, 6.45) is 3.05. The van der Waals surface area contributed by atoms with Crippen LogP contribution in [0.15, 0.2) is 18.2 Å². The molecule has 1 aromatic rings. The number of carbonyl (C=O) groups is 3. The second-order valence-corrected chi connectivity index (χ2v) is 11.1. The van der Waals surface area contributed by atoms with E-state index in [1.165, 1.54) is 0 Å². The van der Waals surface area contributed by atoms with Gasteiger partial charge in [-0.2, -0.15) is 0 Å². The Labute approximate surface area is 214 Å². The molecule has 2 bridgehead atoms. The first-order valence-electron chi connectivity index (χ1n) is 12.5. The maximum atomic E-state index is 13.9. The van der Waals surface area contributed by atoms with E-state index in [1.54, 1.807) is 11.8 Å². The van der Waals surface area contributed by atoms with Gasteiger partial charge in [-0.15, -0.1) is 0 Å². The molecule has 3 fully saturated rings. The van der Waals surface area contributed by atoms with Crippen LogP contribution in [0.2, 0.25) is 0 Å². The SMILES string of the molecule is CCOC(=O)[C@H]1[C@H]2C(=O)N(CCCCCCO)C(C(=O)Nc3cc(C)ccc3C)C23CC(Br)[C@@H]1O3. The third-order valence-electron chi connectivity index (χ3n) is 7.55. The van der Waals surface area contributed by atoms with Crippen molar-refractivity contribution in [2.45, 2.75) is 75.4 Å². The standard InChI is InChI=1S/C26H35BrN2O6/c1-4-34-25(33)19-20-24(32)29(11-7-5-6-8-12-30)22(26(20)14-17(27)21(19)35-26)23(31)28-18-13-15(2)9-10-16(18)3/h9-10,13,17,19-22,30H,4-8,11-12,14H2,1-3H3,(H,28,31)/t17?,19-,20-,21-,22?,26?/m0/s1. The van der Waals surface area contributed by atoms with E-state index in [0.717, 1.165) is 24.0 Å². The molecule has 3 unspecified atom stereocenters. The van der Waals surface area contributed by atoms with Crippen LogP contribution in [0.4, 0.5) is 5.69 Å². The number of fused-ring (bicyclic) bond motifs is 1. The summed E-state index contributed by atoms with van der Waals surface area (Å²) in [5, 5.41) is 12.1. The van der Waals surface area contributed by atoms with Crippen molar-refractivity contribution < 1.29 is 29.0 Å². The number of hydrogen-bond acceptors (Lipinski definition) is 6. The summed E-state index contributed by atoms with van der Waals surface area (Å²) in [4.78, 5) is 42.1. The van der Waals surface area contributed by atoms with E-state index < -0.39 is 35.6 Å². The number of aliphatic hydroxyl groups is 1. The fourth-order valence-corrected chi connectivity index (χ4v) is 6.94. The van der Waals surface area contributed by atoms with Crippen LogP contribution in [0.3, 0.4) is 0 Å². The van der Waals surface area contributed by atoms with Gasteiger partial charge in [0.05, 0.1) is 24.5 Å². The number of esters is 1. The quantitative estimate of drug-likeness (QED) is 0.263. The molecular weight excluding hydrogens is 516 g/mol. The van der Waals surface area contributed by atoms with Crippen molar-refractivity contribution in [2.24, 2.45) is 11.8 Å². The van der Waals surface area contributed by atoms with Gasteiger partial charge in [-0.05, 0) is 57.2 Å². The van der Waals surface area contributed by atoms with Crippen molar-refractivity contribution in [1.29, 1.82) is 0 Å². The van der Waals surface area contributed by atoms with E-state index >= 15 is 0 Å². The summed E-state index contributed by atoms with van der Waals surface area (Å²) in [6.45, 7) is 6.37. The monoisotopic (exact) mass is 550 g/mol. The van der Waals surface area contributed by atoms with E-state index in [4.69, 9.17) is 14.6 Å². The molecule has 0 radical (unpaired) electrons. The Kier molecular flexibility index (Phi) is 7.88. The minimum Gasteiger partial charge on any atom is -0.466 e. The predicted molar refractivity (Wildman–Crippen MR) is 134 cm³/mol. The number of aryl methyl sites for hydroxylation is 2. The van der Waals surface area contributed by atoms with Crippen molar-refractivity contribution in [1.82, 2.24) is 4.90 Å². The lowest BCUT2D eigenvalue weighted by Gasteiger charge is -2.34. The number of alkyl halides is 1. The van der Waals surface area contributed by atoms with Crippen LogP contribution in [0, 0.1) is 25.7 Å². The minimum absolute atomic E-state index is 0.137. The molecule has 3 heterocycles. The lowest BCUT2D eigenvalue weighted by atomic mass is 9.70. The number of likely N-dealkylation sites (tertiary alicyclic amines) is 1. The van der Waals surface area contributed by atoms with Gasteiger partial charge in [0.1, 0.15) is 11.6 Å². The Balaban J connectivity index is 1.66. The molecule has 9 heteroatoms. The van der Waals surface area contributed by atoms with Gasteiger partial charge < -0.3 is 24.8 Å². The highest BCUT2D eigenvalue weighted by Crippen LogP contribution is 2.60. The van der Waals surface area contributed by atoms with Gasteiger partial charge in [0.25, 0.3) is 0 Å². The molecule has 192 valence electrons. The van der Waals surface area contributed by atoms with E-state index in [0.29, 0.717) is 31.5 Å². The Morgan fingerprint density at radius 1 is 1.26 bits per heavy atom. The van der Waals surface area contributed by atoms with Crippen LogP contribution in [0.25, 0.3) is 0 Å². The molecule has 0 aliphatic carbocycles. The molecule has 2 N–H and O–H groups in total. The number of benzene rings is 1. The smallest absolute Gasteiger partial charge is 0.312 e. The second kappa shape index (κ2) is 10.6. The molecule has 4 rings (SSSR count). The summed E-state index contributed by atoms with van der Waals surface area (Å²) in [5.74, 6) is -2.44. The molecule has 35 heavy (non-hydrogen) atoms. The van der Waals surface area contributed by atoms with Crippen LogP contribution < -0.4 is 5.32 Å². The Hall–Kier alpha value is -1.97. The average molecular weight is 551 g/mol. The summed E-state index contributed by atoms with van der Waals surface area (Å²) in [6, 6.07) is 5.01. The van der Waals surface area contributed by atoms with Gasteiger partial charge in [0.2, 0.25) is 11.8 Å². The highest BCUT2D eigenvalue weighted by atomic mass is 79.9. The highest BCUT2D eigenvalue weighted by molar-refractivity contribution is 9.09. The number of carbonyl (C=O) groups excluding carboxylic acids is 3. The van der Waals surface area contributed by atoms with Crippen LogP contribution in [-0.4, -0.2) is 70.1 Å². The van der Waals surface area contributed by atoms with Crippen molar-refractivity contribution >= 4 is 39.4 Å². The third-order valence-corrected chi connectivity index (χ3v) is 8.40. The van der Waals surface area contributed by atoms with Crippen LogP contribution in [0.5, 0.6) is 0 Å². The molecule has 6 atom stereocenters. The summed E-state index contributed by atoms with van der Waals surface area (Å²) in [7, 11) is 0. The number of halogens is 1. The number of amides is 2. The van der Waals surface area contributed by atoms with Gasteiger partial charge in [-0.1, -0.05) is 40.9 Å². The predicted octanol–water partition coefficient (Wildman–Crippen LogP) is 3.11. The van der Waals surface area contributed by atoms with Crippen molar-refractivity contribution in [2.75, 3.05) is 25.1 Å². The normalized spacial score (nSPS) is 31.1. The topological polar surface area (TPSA) is 105 Å². The van der Waals surface area contributed by atoms with Crippen LogP contribution >= 0.6 is 15.9 Å². The molecule has 0 saturated carbocycles. The van der Waals surface area contributed by atoms with Gasteiger partial charge in [-0.3, -0.25) is 14.4 Å². The Bertz CT molecular complexity index is 987. The first-order valence-corrected chi connectivity index (χ1v) is 13.4. The van der Waals surface area contributed by atoms with Crippen LogP contribution in [-0.2, 0) is 23.9 Å². The van der Waals surface area contributed by atoms with Gasteiger partial charge in [0, 0.05) is 23.7 Å². The Morgan fingerprint density at radius 3 is 2.71 bits per heavy atom. The van der Waals surface area contributed by atoms with Gasteiger partial charge in [-0.25, -0.2) is 0 Å². The molecule has 3 saturated heterocycles. The number of unbranched alkanes of at least 4 members (excludes halogenated alkanes) is 3. The second-order valence-electron chi connectivity index (χ2n) is 9.89. The first kappa shape index (κ1) is 26.1. The highest BCUT2D eigenvalue weighted by Gasteiger charge is 2.76. The van der Waals surface area contributed by atoms with Crippen LogP contribution in [0.1, 0.15) is 50.2 Å². The maximum Gasteiger partial charge on any atom is 0.312 e. The number of aliphatic hydroxyl groups excluding tert-OH is 1. The van der Waals surface area contributed by atoms with Crippen molar-refractivity contribution in [3.63, 3.8) is 0 Å². The number of nitrogens with zero attached hydrogens (tertiary/aromatic N) is 1.